The van der Waals surface area contributed by atoms with Crippen molar-refractivity contribution in [3.05, 3.63) is 58.0 Å². The number of benzene rings is 2. The van der Waals surface area contributed by atoms with Crippen LogP contribution in [0.1, 0.15) is 5.56 Å². The maximum absolute atomic E-state index is 12.7. The lowest BCUT2D eigenvalue weighted by atomic mass is 10.1. The molecule has 26 heavy (non-hydrogen) atoms. The van der Waals surface area contributed by atoms with E-state index in [0.29, 0.717) is 5.02 Å². The number of halogens is 3. The Morgan fingerprint density at radius 1 is 1.23 bits per heavy atom. The van der Waals surface area contributed by atoms with Crippen molar-refractivity contribution < 1.29 is 26.7 Å². The number of ether oxygens (including phenoxy) is 2. The highest BCUT2D eigenvalue weighted by atomic mass is 35.5. The van der Waals surface area contributed by atoms with Crippen molar-refractivity contribution in [1.29, 1.82) is 5.26 Å². The topological polar surface area (TPSA) is 76.4 Å². The van der Waals surface area contributed by atoms with E-state index in [2.05, 4.69) is 4.74 Å². The number of alkyl halides is 2. The molecule has 0 unspecified atom stereocenters. The molecule has 5 nitrogen and oxygen atoms in total. The molecule has 0 N–H and O–H groups in total. The van der Waals surface area contributed by atoms with E-state index in [9.17, 15) is 22.5 Å². The minimum absolute atomic E-state index is 0.0276. The summed E-state index contributed by atoms with van der Waals surface area (Å²) in [6.07, 6.45) is 0.949. The molecule has 2 aromatic rings. The lowest BCUT2D eigenvalue weighted by Crippen LogP contribution is -2.06. The van der Waals surface area contributed by atoms with Crippen LogP contribution < -0.4 is 9.47 Å². The van der Waals surface area contributed by atoms with E-state index in [1.165, 1.54) is 49.6 Å². The van der Waals surface area contributed by atoms with Crippen LogP contribution in [0.25, 0.3) is 6.08 Å². The molecule has 0 aliphatic heterocycles. The number of rotatable bonds is 6. The SMILES string of the molecule is COc1cccc(C=C(C#N)S(=O)(=O)c2ccc(Cl)cc2)c1OC(F)F. The highest BCUT2D eigenvalue weighted by Crippen LogP contribution is 2.35. The second-order valence-electron chi connectivity index (χ2n) is 4.83. The smallest absolute Gasteiger partial charge is 0.387 e. The molecule has 0 fully saturated rings. The van der Waals surface area contributed by atoms with Crippen molar-refractivity contribution in [3.63, 3.8) is 0 Å². The largest absolute Gasteiger partial charge is 0.493 e. The van der Waals surface area contributed by atoms with Crippen LogP contribution in [0.5, 0.6) is 11.5 Å². The molecule has 0 saturated carbocycles. The number of allylic oxidation sites excluding steroid dienone is 1. The van der Waals surface area contributed by atoms with E-state index in [0.717, 1.165) is 6.08 Å². The van der Waals surface area contributed by atoms with Gasteiger partial charge in [0.15, 0.2) is 11.5 Å². The van der Waals surface area contributed by atoms with Crippen molar-refractivity contribution in [2.24, 2.45) is 0 Å². The summed E-state index contributed by atoms with van der Waals surface area (Å²) < 4.78 is 60.0. The maximum Gasteiger partial charge on any atom is 0.387 e. The Labute approximate surface area is 154 Å². The minimum Gasteiger partial charge on any atom is -0.493 e. The summed E-state index contributed by atoms with van der Waals surface area (Å²) >= 11 is 5.73. The minimum atomic E-state index is -4.17. The molecule has 2 rings (SSSR count). The zero-order chi connectivity index (χ0) is 19.3. The van der Waals surface area contributed by atoms with Crippen LogP contribution in [0, 0.1) is 11.3 Å². The standard InChI is InChI=1S/C17H12ClF2NO4S/c1-24-15-4-2-3-11(16(15)25-17(19)20)9-14(10-21)26(22,23)13-7-5-12(18)6-8-13/h2-9,17H,1H3. The molecular formula is C17H12ClF2NO4S. The number of nitriles is 1. The lowest BCUT2D eigenvalue weighted by Gasteiger charge is -2.12. The highest BCUT2D eigenvalue weighted by molar-refractivity contribution is 7.95. The first-order valence-corrected chi connectivity index (χ1v) is 8.90. The van der Waals surface area contributed by atoms with Gasteiger partial charge in [0.1, 0.15) is 11.0 Å². The maximum atomic E-state index is 12.7. The monoisotopic (exact) mass is 399 g/mol. The van der Waals surface area contributed by atoms with Gasteiger partial charge in [-0.3, -0.25) is 0 Å². The molecule has 0 amide bonds. The summed E-state index contributed by atoms with van der Waals surface area (Å²) in [6.45, 7) is -3.16. The number of hydrogen-bond donors (Lipinski definition) is 0. The van der Waals surface area contributed by atoms with Gasteiger partial charge in [-0.05, 0) is 36.4 Å². The van der Waals surface area contributed by atoms with Crippen LogP contribution in [0.15, 0.2) is 52.3 Å². The molecule has 0 radical (unpaired) electrons. The van der Waals surface area contributed by atoms with Crippen molar-refractivity contribution in [1.82, 2.24) is 0 Å². The van der Waals surface area contributed by atoms with Gasteiger partial charge in [0.05, 0.1) is 12.0 Å². The number of para-hydroxylation sites is 1. The fourth-order valence-electron chi connectivity index (χ4n) is 2.07. The van der Waals surface area contributed by atoms with E-state index < -0.39 is 21.4 Å². The summed E-state index contributed by atoms with van der Waals surface area (Å²) in [6, 6.07) is 10.9. The summed E-state index contributed by atoms with van der Waals surface area (Å²) in [5.74, 6) is -0.399. The van der Waals surface area contributed by atoms with Crippen molar-refractivity contribution in [3.8, 4) is 17.6 Å². The first kappa shape index (κ1) is 19.7. The molecule has 0 bridgehead atoms. The summed E-state index contributed by atoms with van der Waals surface area (Å²) in [7, 11) is -2.93. The molecule has 136 valence electrons. The first-order chi connectivity index (χ1) is 12.3. The van der Waals surface area contributed by atoms with E-state index in [1.54, 1.807) is 6.07 Å². The normalized spacial score (nSPS) is 11.9. The third-order valence-electron chi connectivity index (χ3n) is 3.25. The van der Waals surface area contributed by atoms with Gasteiger partial charge in [-0.25, -0.2) is 8.42 Å². The van der Waals surface area contributed by atoms with Gasteiger partial charge in [0.25, 0.3) is 0 Å². The van der Waals surface area contributed by atoms with Crippen molar-refractivity contribution >= 4 is 27.5 Å². The highest BCUT2D eigenvalue weighted by Gasteiger charge is 2.22. The Kier molecular flexibility index (Phi) is 6.18. The molecular weight excluding hydrogens is 388 g/mol. The third kappa shape index (κ3) is 4.31. The van der Waals surface area contributed by atoms with E-state index >= 15 is 0 Å². The number of hydrogen-bond acceptors (Lipinski definition) is 5. The van der Waals surface area contributed by atoms with Gasteiger partial charge in [0.2, 0.25) is 9.84 Å². The van der Waals surface area contributed by atoms with Gasteiger partial charge in [-0.1, -0.05) is 23.7 Å². The van der Waals surface area contributed by atoms with Gasteiger partial charge in [-0.15, -0.1) is 0 Å². The van der Waals surface area contributed by atoms with Crippen molar-refractivity contribution in [2.75, 3.05) is 7.11 Å². The fourth-order valence-corrected chi connectivity index (χ4v) is 3.35. The molecule has 0 aliphatic carbocycles. The van der Waals surface area contributed by atoms with Gasteiger partial charge in [-0.2, -0.15) is 14.0 Å². The van der Waals surface area contributed by atoms with Crippen LogP contribution >= 0.6 is 11.6 Å². The van der Waals surface area contributed by atoms with Crippen LogP contribution in [-0.2, 0) is 9.84 Å². The number of sulfone groups is 1. The molecule has 0 heterocycles. The average Bonchev–Trinajstić information content (AvgIpc) is 2.60. The van der Waals surface area contributed by atoms with E-state index in [-0.39, 0.29) is 22.0 Å². The van der Waals surface area contributed by atoms with Crippen LogP contribution in [0.2, 0.25) is 5.02 Å². The van der Waals surface area contributed by atoms with Crippen LogP contribution in [0.4, 0.5) is 8.78 Å². The lowest BCUT2D eigenvalue weighted by molar-refractivity contribution is -0.0513. The molecule has 0 atom stereocenters. The third-order valence-corrected chi connectivity index (χ3v) is 5.18. The second-order valence-corrected chi connectivity index (χ2v) is 7.19. The Bertz CT molecular complexity index is 967. The molecule has 0 aliphatic rings. The fraction of sp³-hybridized carbons (Fsp3) is 0.118. The average molecular weight is 400 g/mol. The summed E-state index contributed by atoms with van der Waals surface area (Å²) in [5, 5.41) is 9.62. The number of nitrogens with zero attached hydrogens (tertiary/aromatic N) is 1. The van der Waals surface area contributed by atoms with Crippen molar-refractivity contribution in [2.45, 2.75) is 11.5 Å². The van der Waals surface area contributed by atoms with Gasteiger partial charge in [0, 0.05) is 10.6 Å². The second kappa shape index (κ2) is 8.17. The predicted octanol–water partition coefficient (Wildman–Crippen LogP) is 4.29. The Hall–Kier alpha value is -2.63. The zero-order valence-corrected chi connectivity index (χ0v) is 14.9. The Balaban J connectivity index is 2.59. The molecule has 0 saturated heterocycles. The Morgan fingerprint density at radius 3 is 2.42 bits per heavy atom. The van der Waals surface area contributed by atoms with E-state index in [4.69, 9.17) is 16.3 Å². The molecule has 2 aromatic carbocycles. The zero-order valence-electron chi connectivity index (χ0n) is 13.3. The van der Waals surface area contributed by atoms with Crippen LogP contribution in [-0.4, -0.2) is 22.1 Å². The molecule has 9 heteroatoms. The van der Waals surface area contributed by atoms with Gasteiger partial charge >= 0.3 is 6.61 Å². The summed E-state index contributed by atoms with van der Waals surface area (Å²) in [4.78, 5) is -0.805. The van der Waals surface area contributed by atoms with Crippen LogP contribution in [0.3, 0.4) is 0 Å². The first-order valence-electron chi connectivity index (χ1n) is 7.04. The van der Waals surface area contributed by atoms with E-state index in [1.807, 2.05) is 0 Å². The molecule has 0 spiro atoms. The molecule has 0 aromatic heterocycles. The predicted molar refractivity (Wildman–Crippen MR) is 91.9 cm³/mol. The quantitative estimate of drug-likeness (QED) is 0.677. The Morgan fingerprint density at radius 2 is 1.88 bits per heavy atom. The van der Waals surface area contributed by atoms with Gasteiger partial charge < -0.3 is 9.47 Å². The summed E-state index contributed by atoms with van der Waals surface area (Å²) in [5.41, 5.74) is -0.0428. The number of methoxy groups -OCH3 is 1.